The van der Waals surface area contributed by atoms with Gasteiger partial charge in [0.15, 0.2) is 0 Å². The first-order valence-electron chi connectivity index (χ1n) is 11.2. The van der Waals surface area contributed by atoms with Gasteiger partial charge in [-0.05, 0) is 76.9 Å². The highest BCUT2D eigenvalue weighted by Crippen LogP contribution is 2.38. The summed E-state index contributed by atoms with van der Waals surface area (Å²) in [7, 11) is -3.52. The average molecular weight is 512 g/mol. The summed E-state index contributed by atoms with van der Waals surface area (Å²) in [5.41, 5.74) is 2.45. The molecule has 1 aliphatic heterocycles. The zero-order chi connectivity index (χ0) is 23.6. The van der Waals surface area contributed by atoms with Crippen molar-refractivity contribution in [3.63, 3.8) is 0 Å². The Kier molecular flexibility index (Phi) is 7.59. The van der Waals surface area contributed by atoms with Crippen molar-refractivity contribution in [2.75, 3.05) is 31.5 Å². The van der Waals surface area contributed by atoms with Gasteiger partial charge in [0, 0.05) is 42.2 Å². The summed E-state index contributed by atoms with van der Waals surface area (Å²) in [6.07, 6.45) is 3.43. The van der Waals surface area contributed by atoms with Gasteiger partial charge in [0.25, 0.3) is 10.0 Å². The van der Waals surface area contributed by atoms with Crippen LogP contribution in [0.5, 0.6) is 0 Å². The van der Waals surface area contributed by atoms with Crippen LogP contribution in [0, 0.1) is 13.8 Å². The quantitative estimate of drug-likeness (QED) is 0.561. The molecule has 180 valence electrons. The normalized spacial score (nSPS) is 17.9. The molecule has 33 heavy (non-hydrogen) atoms. The molecule has 0 spiro atoms. The number of amides is 2. The molecule has 2 aromatic heterocycles. The van der Waals surface area contributed by atoms with Gasteiger partial charge in [-0.15, -0.1) is 11.3 Å². The Balaban J connectivity index is 1.25. The summed E-state index contributed by atoms with van der Waals surface area (Å²) in [5, 5.41) is 5.74. The molecule has 8 nitrogen and oxygen atoms in total. The lowest BCUT2D eigenvalue weighted by Gasteiger charge is -2.37. The molecule has 4 rings (SSSR count). The molecule has 0 aromatic carbocycles. The number of pyridine rings is 1. The molecular formula is C22H30ClN5O3S2. The Morgan fingerprint density at radius 3 is 2.36 bits per heavy atom. The number of aromatic nitrogens is 1. The summed E-state index contributed by atoms with van der Waals surface area (Å²) >= 11 is 7.12. The van der Waals surface area contributed by atoms with E-state index in [1.54, 1.807) is 16.4 Å². The van der Waals surface area contributed by atoms with Crippen molar-refractivity contribution in [3.8, 4) is 0 Å². The highest BCUT2D eigenvalue weighted by Gasteiger charge is 2.43. The minimum Gasteiger partial charge on any atom is -0.337 e. The summed E-state index contributed by atoms with van der Waals surface area (Å²) in [6, 6.07) is 6.80. The number of rotatable bonds is 8. The van der Waals surface area contributed by atoms with Crippen LogP contribution in [0.4, 0.5) is 10.5 Å². The van der Waals surface area contributed by atoms with E-state index in [1.165, 1.54) is 0 Å². The number of hydrogen-bond donors (Lipinski definition) is 2. The molecule has 0 bridgehead atoms. The molecule has 0 radical (unpaired) electrons. The summed E-state index contributed by atoms with van der Waals surface area (Å²) in [6.45, 7) is 6.65. The third-order valence-electron chi connectivity index (χ3n) is 5.96. The minimum absolute atomic E-state index is 0.00838. The van der Waals surface area contributed by atoms with Gasteiger partial charge in [0.05, 0.1) is 4.34 Å². The number of halogens is 1. The highest BCUT2D eigenvalue weighted by atomic mass is 35.5. The third-order valence-corrected chi connectivity index (χ3v) is 9.66. The number of carbonyl (C=O) groups excluding carboxylic acids is 1. The second kappa shape index (κ2) is 10.3. The monoisotopic (exact) mass is 511 g/mol. The number of sulfonamides is 1. The fourth-order valence-corrected chi connectivity index (χ4v) is 7.88. The van der Waals surface area contributed by atoms with Gasteiger partial charge in [-0.1, -0.05) is 11.6 Å². The van der Waals surface area contributed by atoms with E-state index >= 15 is 0 Å². The van der Waals surface area contributed by atoms with Gasteiger partial charge in [-0.2, -0.15) is 4.31 Å². The van der Waals surface area contributed by atoms with Crippen LogP contribution in [0.3, 0.4) is 0 Å². The first-order chi connectivity index (χ1) is 15.7. The highest BCUT2D eigenvalue weighted by molar-refractivity contribution is 7.91. The van der Waals surface area contributed by atoms with E-state index in [0.717, 1.165) is 73.7 Å². The van der Waals surface area contributed by atoms with Crippen LogP contribution in [-0.2, 0) is 10.0 Å². The van der Waals surface area contributed by atoms with Gasteiger partial charge in [-0.25, -0.2) is 13.2 Å². The van der Waals surface area contributed by atoms with Gasteiger partial charge in [0.2, 0.25) is 0 Å². The van der Waals surface area contributed by atoms with E-state index in [4.69, 9.17) is 11.6 Å². The van der Waals surface area contributed by atoms with E-state index in [0.29, 0.717) is 15.1 Å². The fourth-order valence-electron chi connectivity index (χ4n) is 4.37. The number of thiophene rings is 1. The van der Waals surface area contributed by atoms with Crippen molar-refractivity contribution in [1.29, 1.82) is 0 Å². The second-order valence-electron chi connectivity index (χ2n) is 8.72. The van der Waals surface area contributed by atoms with E-state index in [1.807, 2.05) is 26.0 Å². The van der Waals surface area contributed by atoms with E-state index in [2.05, 4.69) is 20.5 Å². The zero-order valence-electron chi connectivity index (χ0n) is 18.9. The number of nitrogens with zero attached hydrogens (tertiary/aromatic N) is 3. The molecule has 2 aromatic rings. The minimum atomic E-state index is -3.52. The Hall–Kier alpha value is -1.72. The molecule has 2 amide bonds. The second-order valence-corrected chi connectivity index (χ2v) is 12.5. The molecule has 1 saturated heterocycles. The van der Waals surface area contributed by atoms with Gasteiger partial charge >= 0.3 is 6.03 Å². The number of aryl methyl sites for hydroxylation is 2. The van der Waals surface area contributed by atoms with Crippen molar-refractivity contribution < 1.29 is 13.2 Å². The molecule has 1 saturated carbocycles. The molecule has 0 atom stereocenters. The van der Waals surface area contributed by atoms with E-state index < -0.39 is 10.0 Å². The Morgan fingerprint density at radius 2 is 1.79 bits per heavy atom. The topological polar surface area (TPSA) is 94.6 Å². The molecule has 1 aliphatic carbocycles. The van der Waals surface area contributed by atoms with Gasteiger partial charge < -0.3 is 15.5 Å². The van der Waals surface area contributed by atoms with Crippen LogP contribution in [0.2, 0.25) is 4.34 Å². The van der Waals surface area contributed by atoms with Gasteiger partial charge in [-0.3, -0.25) is 4.98 Å². The standard InChI is InChI=1S/C22H30ClN5O3S2/c1-15-13-17(14-16(2)25-15)26-22(29)24-9-12-27-10-7-19(8-11-27)28(18-3-4-18)33(30,31)21-6-5-20(23)32-21/h5-6,13-14,18-19H,3-4,7-12H2,1-2H3,(H2,24,25,26,29). The fraction of sp³-hybridized carbons (Fsp3) is 0.545. The largest absolute Gasteiger partial charge is 0.337 e. The maximum absolute atomic E-state index is 13.3. The molecular weight excluding hydrogens is 482 g/mol. The number of anilines is 1. The van der Waals surface area contributed by atoms with Crippen molar-refractivity contribution in [3.05, 3.63) is 40.0 Å². The molecule has 2 aliphatic rings. The Morgan fingerprint density at radius 1 is 1.15 bits per heavy atom. The van der Waals surface area contributed by atoms with Gasteiger partial charge in [0.1, 0.15) is 4.21 Å². The number of hydrogen-bond acceptors (Lipinski definition) is 6. The van der Waals surface area contributed by atoms with Crippen molar-refractivity contribution in [2.45, 2.75) is 55.8 Å². The van der Waals surface area contributed by atoms with E-state index in [9.17, 15) is 13.2 Å². The summed E-state index contributed by atoms with van der Waals surface area (Å²) < 4.78 is 29.1. The predicted octanol–water partition coefficient (Wildman–Crippen LogP) is 3.85. The Bertz CT molecular complexity index is 1070. The average Bonchev–Trinajstić information content (AvgIpc) is 3.46. The molecule has 11 heteroatoms. The number of likely N-dealkylation sites (tertiary alicyclic amines) is 1. The smallest absolute Gasteiger partial charge is 0.319 e. The number of carbonyl (C=O) groups is 1. The number of nitrogens with one attached hydrogen (secondary N) is 2. The Labute approximate surface area is 204 Å². The summed E-state index contributed by atoms with van der Waals surface area (Å²) in [4.78, 5) is 18.8. The van der Waals surface area contributed by atoms with Crippen molar-refractivity contribution in [1.82, 2.24) is 19.5 Å². The van der Waals surface area contributed by atoms with Crippen LogP contribution in [0.15, 0.2) is 28.5 Å². The maximum atomic E-state index is 13.3. The maximum Gasteiger partial charge on any atom is 0.319 e. The van der Waals surface area contributed by atoms with Crippen LogP contribution in [0.25, 0.3) is 0 Å². The lowest BCUT2D eigenvalue weighted by Crippen LogP contribution is -2.49. The zero-order valence-corrected chi connectivity index (χ0v) is 21.3. The van der Waals surface area contributed by atoms with Crippen LogP contribution in [0.1, 0.15) is 37.1 Å². The number of piperidine rings is 1. The first kappa shape index (κ1) is 24.4. The lowest BCUT2D eigenvalue weighted by atomic mass is 10.0. The summed E-state index contributed by atoms with van der Waals surface area (Å²) in [5.74, 6) is 0. The SMILES string of the molecule is Cc1cc(NC(=O)NCCN2CCC(N(C3CC3)S(=O)(=O)c3ccc(Cl)s3)CC2)cc(C)n1. The van der Waals surface area contributed by atoms with Crippen LogP contribution >= 0.6 is 22.9 Å². The van der Waals surface area contributed by atoms with Crippen LogP contribution in [-0.4, -0.2) is 66.9 Å². The van der Waals surface area contributed by atoms with Crippen molar-refractivity contribution >= 4 is 44.7 Å². The lowest BCUT2D eigenvalue weighted by molar-refractivity contribution is 0.156. The molecule has 0 unspecified atom stereocenters. The molecule has 3 heterocycles. The van der Waals surface area contributed by atoms with Crippen LogP contribution < -0.4 is 10.6 Å². The molecule has 2 N–H and O–H groups in total. The van der Waals surface area contributed by atoms with Crippen molar-refractivity contribution in [2.24, 2.45) is 0 Å². The van der Waals surface area contributed by atoms with E-state index in [-0.39, 0.29) is 18.1 Å². The first-order valence-corrected chi connectivity index (χ1v) is 13.9. The third kappa shape index (κ3) is 6.24. The predicted molar refractivity (Wildman–Crippen MR) is 132 cm³/mol. The molecule has 2 fully saturated rings. The number of urea groups is 1.